The minimum atomic E-state index is 0.178. The lowest BCUT2D eigenvalue weighted by atomic mass is 10.2. The first-order valence-electron chi connectivity index (χ1n) is 6.77. The first-order valence-corrected chi connectivity index (χ1v) is 7.81. The highest BCUT2D eigenvalue weighted by molar-refractivity contribution is 8.00. The summed E-state index contributed by atoms with van der Waals surface area (Å²) >= 11 is 1.79. The Morgan fingerprint density at radius 2 is 2.21 bits per heavy atom. The first kappa shape index (κ1) is 14.5. The van der Waals surface area contributed by atoms with Crippen molar-refractivity contribution < 1.29 is 9.21 Å². The molecule has 0 radical (unpaired) electrons. The van der Waals surface area contributed by atoms with E-state index in [1.807, 2.05) is 26.1 Å². The third kappa shape index (κ3) is 4.58. The maximum absolute atomic E-state index is 12.0. The summed E-state index contributed by atoms with van der Waals surface area (Å²) in [7, 11) is 1.84. The molecule has 1 saturated heterocycles. The number of rotatable bonds is 5. The number of nitrogens with zero attached hydrogens (tertiary/aromatic N) is 1. The number of hydrogen-bond acceptors (Lipinski definition) is 4. The number of thioether (sulfide) groups is 1. The smallest absolute Gasteiger partial charge is 0.232 e. The Kier molecular flexibility index (Phi) is 5.34. The van der Waals surface area contributed by atoms with Crippen LogP contribution in [-0.4, -0.2) is 41.9 Å². The van der Waals surface area contributed by atoms with Gasteiger partial charge in [0.25, 0.3) is 0 Å². The summed E-state index contributed by atoms with van der Waals surface area (Å²) in [5.41, 5.74) is 0. The van der Waals surface area contributed by atoms with E-state index in [1.165, 1.54) is 12.8 Å². The van der Waals surface area contributed by atoms with Gasteiger partial charge in [0.2, 0.25) is 5.91 Å². The van der Waals surface area contributed by atoms with Gasteiger partial charge in [0, 0.05) is 12.3 Å². The zero-order valence-corrected chi connectivity index (χ0v) is 12.5. The molecule has 1 aromatic rings. The van der Waals surface area contributed by atoms with Crippen LogP contribution in [-0.2, 0) is 11.3 Å². The molecule has 1 amide bonds. The maximum atomic E-state index is 12.0. The van der Waals surface area contributed by atoms with Crippen LogP contribution in [0.3, 0.4) is 0 Å². The van der Waals surface area contributed by atoms with Gasteiger partial charge in [-0.2, -0.15) is 0 Å². The highest BCUT2D eigenvalue weighted by Crippen LogP contribution is 2.20. The van der Waals surface area contributed by atoms with E-state index in [1.54, 1.807) is 16.7 Å². The van der Waals surface area contributed by atoms with Gasteiger partial charge in [-0.3, -0.25) is 4.79 Å². The van der Waals surface area contributed by atoms with Crippen LogP contribution in [0.2, 0.25) is 0 Å². The predicted molar refractivity (Wildman–Crippen MR) is 78.3 cm³/mol. The average molecular weight is 282 g/mol. The van der Waals surface area contributed by atoms with Crippen LogP contribution in [0.15, 0.2) is 16.5 Å². The molecule has 0 spiro atoms. The van der Waals surface area contributed by atoms with Crippen molar-refractivity contribution in [3.63, 3.8) is 0 Å². The molecule has 2 rings (SSSR count). The van der Waals surface area contributed by atoms with Crippen LogP contribution in [0.5, 0.6) is 0 Å². The fraction of sp³-hybridized carbons (Fsp3) is 0.643. The van der Waals surface area contributed by atoms with E-state index >= 15 is 0 Å². The number of aryl methyl sites for hydroxylation is 1. The Morgan fingerprint density at radius 1 is 1.47 bits per heavy atom. The lowest BCUT2D eigenvalue weighted by Crippen LogP contribution is -2.32. The number of amides is 1. The van der Waals surface area contributed by atoms with Crippen molar-refractivity contribution >= 4 is 17.7 Å². The van der Waals surface area contributed by atoms with Gasteiger partial charge in [0.05, 0.1) is 12.3 Å². The maximum Gasteiger partial charge on any atom is 0.232 e. The highest BCUT2D eigenvalue weighted by atomic mass is 32.2. The molecule has 1 aliphatic rings. The second kappa shape index (κ2) is 7.01. The molecule has 0 atom stereocenters. The summed E-state index contributed by atoms with van der Waals surface area (Å²) in [6.07, 6.45) is 2.33. The van der Waals surface area contributed by atoms with E-state index < -0.39 is 0 Å². The third-order valence-electron chi connectivity index (χ3n) is 3.34. The molecule has 5 heteroatoms. The van der Waals surface area contributed by atoms with Gasteiger partial charge in [0.1, 0.15) is 11.5 Å². The predicted octanol–water partition coefficient (Wildman–Crippen LogP) is 2.03. The van der Waals surface area contributed by atoms with Gasteiger partial charge >= 0.3 is 0 Å². The van der Waals surface area contributed by atoms with E-state index in [0.29, 0.717) is 17.5 Å². The number of piperidine rings is 1. The SMILES string of the molecule is Cc1ccc(CN(C)C(=O)CSC2CCNCC2)o1. The lowest BCUT2D eigenvalue weighted by Gasteiger charge is -2.23. The standard InChI is InChI=1S/C14H22N2O2S/c1-11-3-4-12(18-11)9-16(2)14(17)10-19-13-5-7-15-8-6-13/h3-4,13,15H,5-10H2,1-2H3. The molecule has 106 valence electrons. The van der Waals surface area contributed by atoms with Crippen LogP contribution >= 0.6 is 11.8 Å². The van der Waals surface area contributed by atoms with Crippen molar-refractivity contribution in [3.05, 3.63) is 23.7 Å². The molecule has 19 heavy (non-hydrogen) atoms. The number of furan rings is 1. The van der Waals surface area contributed by atoms with E-state index in [-0.39, 0.29) is 5.91 Å². The number of hydrogen-bond donors (Lipinski definition) is 1. The minimum Gasteiger partial charge on any atom is -0.464 e. The van der Waals surface area contributed by atoms with Crippen LogP contribution in [0.25, 0.3) is 0 Å². The van der Waals surface area contributed by atoms with Crippen molar-refractivity contribution in [3.8, 4) is 0 Å². The summed E-state index contributed by atoms with van der Waals surface area (Å²) in [5.74, 6) is 2.48. The topological polar surface area (TPSA) is 45.5 Å². The highest BCUT2D eigenvalue weighted by Gasteiger charge is 2.17. The van der Waals surface area contributed by atoms with Crippen molar-refractivity contribution in [1.82, 2.24) is 10.2 Å². The first-order chi connectivity index (χ1) is 9.15. The summed E-state index contributed by atoms with van der Waals surface area (Å²) < 4.78 is 5.49. The average Bonchev–Trinajstić information content (AvgIpc) is 2.82. The molecular formula is C14H22N2O2S. The van der Waals surface area contributed by atoms with Crippen molar-refractivity contribution in [1.29, 1.82) is 0 Å². The number of carbonyl (C=O) groups excluding carboxylic acids is 1. The Labute approximate surface area is 118 Å². The number of nitrogens with one attached hydrogen (secondary N) is 1. The monoisotopic (exact) mass is 282 g/mol. The Bertz CT molecular complexity index is 413. The van der Waals surface area contributed by atoms with Crippen molar-refractivity contribution in [2.75, 3.05) is 25.9 Å². The van der Waals surface area contributed by atoms with Crippen LogP contribution in [0.1, 0.15) is 24.4 Å². The molecule has 1 N–H and O–H groups in total. The van der Waals surface area contributed by atoms with Crippen molar-refractivity contribution in [2.24, 2.45) is 0 Å². The summed E-state index contributed by atoms with van der Waals surface area (Å²) in [4.78, 5) is 13.8. The molecule has 1 fully saturated rings. The summed E-state index contributed by atoms with van der Waals surface area (Å²) in [6.45, 7) is 4.62. The minimum absolute atomic E-state index is 0.178. The van der Waals surface area contributed by atoms with E-state index in [2.05, 4.69) is 5.32 Å². The van der Waals surface area contributed by atoms with E-state index in [0.717, 1.165) is 24.6 Å². The Balaban J connectivity index is 1.72. The van der Waals surface area contributed by atoms with Crippen LogP contribution in [0, 0.1) is 6.92 Å². The van der Waals surface area contributed by atoms with Gasteiger partial charge in [-0.25, -0.2) is 0 Å². The molecule has 0 bridgehead atoms. The van der Waals surface area contributed by atoms with Gasteiger partial charge in [-0.1, -0.05) is 0 Å². The molecule has 0 aromatic carbocycles. The van der Waals surface area contributed by atoms with E-state index in [4.69, 9.17) is 4.42 Å². The number of carbonyl (C=O) groups is 1. The molecule has 1 aromatic heterocycles. The molecular weight excluding hydrogens is 260 g/mol. The van der Waals surface area contributed by atoms with Crippen LogP contribution < -0.4 is 5.32 Å². The normalized spacial score (nSPS) is 16.5. The lowest BCUT2D eigenvalue weighted by molar-refractivity contribution is -0.127. The Morgan fingerprint density at radius 3 is 2.84 bits per heavy atom. The molecule has 0 unspecified atom stereocenters. The third-order valence-corrected chi connectivity index (χ3v) is 4.70. The zero-order chi connectivity index (χ0) is 13.7. The molecule has 0 saturated carbocycles. The van der Waals surface area contributed by atoms with Crippen LogP contribution in [0.4, 0.5) is 0 Å². The molecule has 4 nitrogen and oxygen atoms in total. The zero-order valence-electron chi connectivity index (χ0n) is 11.6. The summed E-state index contributed by atoms with van der Waals surface area (Å²) in [5, 5.41) is 3.97. The van der Waals surface area contributed by atoms with Gasteiger partial charge in [0.15, 0.2) is 0 Å². The second-order valence-corrected chi connectivity index (χ2v) is 6.31. The molecule has 1 aliphatic heterocycles. The van der Waals surface area contributed by atoms with Crippen molar-refractivity contribution in [2.45, 2.75) is 31.6 Å². The second-order valence-electron chi connectivity index (χ2n) is 5.02. The van der Waals surface area contributed by atoms with Gasteiger partial charge in [-0.15, -0.1) is 11.8 Å². The largest absolute Gasteiger partial charge is 0.464 e. The van der Waals surface area contributed by atoms with E-state index in [9.17, 15) is 4.79 Å². The van der Waals surface area contributed by atoms with Gasteiger partial charge in [-0.05, 0) is 45.0 Å². The van der Waals surface area contributed by atoms with Gasteiger partial charge < -0.3 is 14.6 Å². The fourth-order valence-electron chi connectivity index (χ4n) is 2.15. The summed E-state index contributed by atoms with van der Waals surface area (Å²) in [6, 6.07) is 3.86. The quantitative estimate of drug-likeness (QED) is 0.897. The fourth-order valence-corrected chi connectivity index (χ4v) is 3.32. The Hall–Kier alpha value is -0.940. The molecule has 0 aliphatic carbocycles. The molecule has 2 heterocycles.